The second kappa shape index (κ2) is 5.95. The molecule has 1 aliphatic rings. The van der Waals surface area contributed by atoms with Crippen LogP contribution in [0.3, 0.4) is 0 Å². The lowest BCUT2D eigenvalue weighted by atomic mass is 10.00. The van der Waals surface area contributed by atoms with E-state index in [0.29, 0.717) is 19.6 Å². The minimum Gasteiger partial charge on any atom is -0.396 e. The van der Waals surface area contributed by atoms with E-state index < -0.39 is 10.2 Å². The number of likely N-dealkylation sites (N-methyl/N-ethyl adjacent to an activating group) is 1. The predicted molar refractivity (Wildman–Crippen MR) is 67.7 cm³/mol. The first-order valence-electron chi connectivity index (χ1n) is 5.84. The van der Waals surface area contributed by atoms with Crippen molar-refractivity contribution >= 4 is 10.2 Å². The number of aliphatic hydroxyl groups is 1. The summed E-state index contributed by atoms with van der Waals surface area (Å²) in [6.45, 7) is 7.02. The Morgan fingerprint density at radius 1 is 1.47 bits per heavy atom. The second-order valence-electron chi connectivity index (χ2n) is 4.75. The van der Waals surface area contributed by atoms with E-state index >= 15 is 0 Å². The van der Waals surface area contributed by atoms with Crippen LogP contribution in [0.5, 0.6) is 0 Å². The lowest BCUT2D eigenvalue weighted by Crippen LogP contribution is -2.46. The van der Waals surface area contributed by atoms with Crippen LogP contribution < -0.4 is 0 Å². The summed E-state index contributed by atoms with van der Waals surface area (Å²) >= 11 is 0. The van der Waals surface area contributed by atoms with Gasteiger partial charge in [0.1, 0.15) is 0 Å². The molecule has 1 N–H and O–H groups in total. The normalized spacial score (nSPS) is 19.8. The first-order chi connectivity index (χ1) is 7.87. The van der Waals surface area contributed by atoms with E-state index in [2.05, 4.69) is 6.58 Å². The van der Waals surface area contributed by atoms with Gasteiger partial charge in [-0.2, -0.15) is 17.0 Å². The molecule has 0 aromatic heterocycles. The van der Waals surface area contributed by atoms with Gasteiger partial charge in [0.2, 0.25) is 0 Å². The summed E-state index contributed by atoms with van der Waals surface area (Å²) in [4.78, 5) is 0. The Morgan fingerprint density at radius 2 is 2.00 bits per heavy atom. The Morgan fingerprint density at radius 3 is 2.41 bits per heavy atom. The Balaban J connectivity index is 2.62. The highest BCUT2D eigenvalue weighted by Crippen LogP contribution is 2.20. The van der Waals surface area contributed by atoms with Crippen molar-refractivity contribution in [3.63, 3.8) is 0 Å². The van der Waals surface area contributed by atoms with E-state index in [0.717, 1.165) is 18.4 Å². The molecule has 0 aromatic carbocycles. The molecule has 6 heteroatoms. The molecule has 1 saturated heterocycles. The zero-order valence-electron chi connectivity index (χ0n) is 10.6. The number of aliphatic hydroxyl groups excluding tert-OH is 1. The molecular formula is C11H22N2O3S. The molecule has 0 bridgehead atoms. The van der Waals surface area contributed by atoms with Crippen LogP contribution in [-0.2, 0) is 10.2 Å². The Labute approximate surface area is 104 Å². The summed E-state index contributed by atoms with van der Waals surface area (Å²) in [6, 6.07) is 0. The number of nitrogens with zero attached hydrogens (tertiary/aromatic N) is 2. The number of hydrogen-bond donors (Lipinski definition) is 1. The largest absolute Gasteiger partial charge is 0.396 e. The fourth-order valence-electron chi connectivity index (χ4n) is 1.98. The van der Waals surface area contributed by atoms with Gasteiger partial charge in [-0.25, -0.2) is 0 Å². The number of hydrogen-bond acceptors (Lipinski definition) is 3. The zero-order valence-corrected chi connectivity index (χ0v) is 11.4. The van der Waals surface area contributed by atoms with Gasteiger partial charge in [-0.1, -0.05) is 12.2 Å². The van der Waals surface area contributed by atoms with E-state index in [1.54, 1.807) is 7.05 Å². The maximum atomic E-state index is 12.2. The van der Waals surface area contributed by atoms with Crippen molar-refractivity contribution in [2.75, 3.05) is 33.3 Å². The number of piperidine rings is 1. The molecule has 17 heavy (non-hydrogen) atoms. The van der Waals surface area contributed by atoms with Gasteiger partial charge in [0.25, 0.3) is 10.2 Å². The molecule has 0 radical (unpaired) electrons. The number of rotatable bonds is 5. The van der Waals surface area contributed by atoms with Crippen molar-refractivity contribution in [2.45, 2.75) is 19.8 Å². The molecule has 0 aliphatic carbocycles. The highest BCUT2D eigenvalue weighted by molar-refractivity contribution is 7.86. The quantitative estimate of drug-likeness (QED) is 0.732. The average Bonchev–Trinajstić information content (AvgIpc) is 2.28. The summed E-state index contributed by atoms with van der Waals surface area (Å²) in [5.41, 5.74) is 0.821. The standard InChI is InChI=1S/C11H22N2O3S/c1-10(2)8-12(3)17(15,16)13-6-4-11(9-14)5-7-13/h11,14H,1,4-9H2,2-3H3. The lowest BCUT2D eigenvalue weighted by molar-refractivity contribution is 0.167. The van der Waals surface area contributed by atoms with Gasteiger partial charge in [-0.15, -0.1) is 0 Å². The SMILES string of the molecule is C=C(C)CN(C)S(=O)(=O)N1CCC(CO)CC1. The molecule has 0 atom stereocenters. The zero-order chi connectivity index (χ0) is 13.1. The maximum Gasteiger partial charge on any atom is 0.282 e. The van der Waals surface area contributed by atoms with Gasteiger partial charge >= 0.3 is 0 Å². The van der Waals surface area contributed by atoms with Gasteiger partial charge in [0.15, 0.2) is 0 Å². The monoisotopic (exact) mass is 262 g/mol. The van der Waals surface area contributed by atoms with Crippen LogP contribution in [0.2, 0.25) is 0 Å². The maximum absolute atomic E-state index is 12.2. The fourth-order valence-corrected chi connectivity index (χ4v) is 3.43. The van der Waals surface area contributed by atoms with Gasteiger partial charge < -0.3 is 5.11 Å². The van der Waals surface area contributed by atoms with Crippen LogP contribution in [0.4, 0.5) is 0 Å². The van der Waals surface area contributed by atoms with Crippen LogP contribution in [0, 0.1) is 5.92 Å². The van der Waals surface area contributed by atoms with Gasteiger partial charge in [-0.3, -0.25) is 0 Å². The molecule has 0 aromatic rings. The first-order valence-corrected chi connectivity index (χ1v) is 7.24. The third kappa shape index (κ3) is 3.77. The third-order valence-electron chi connectivity index (χ3n) is 3.04. The van der Waals surface area contributed by atoms with Crippen molar-refractivity contribution in [3.8, 4) is 0 Å². The van der Waals surface area contributed by atoms with E-state index in [1.807, 2.05) is 6.92 Å². The molecule has 0 amide bonds. The highest BCUT2D eigenvalue weighted by Gasteiger charge is 2.30. The van der Waals surface area contributed by atoms with Gasteiger partial charge in [0.05, 0.1) is 0 Å². The van der Waals surface area contributed by atoms with Crippen LogP contribution in [0.25, 0.3) is 0 Å². The fraction of sp³-hybridized carbons (Fsp3) is 0.818. The van der Waals surface area contributed by atoms with E-state index in [9.17, 15) is 8.42 Å². The Kier molecular flexibility index (Phi) is 5.12. The molecule has 5 nitrogen and oxygen atoms in total. The molecule has 100 valence electrons. The molecule has 1 heterocycles. The predicted octanol–water partition coefficient (Wildman–Crippen LogP) is 0.443. The minimum atomic E-state index is -3.36. The first kappa shape index (κ1) is 14.6. The van der Waals surface area contributed by atoms with Crippen molar-refractivity contribution in [1.82, 2.24) is 8.61 Å². The molecule has 0 unspecified atom stereocenters. The van der Waals surface area contributed by atoms with E-state index in [4.69, 9.17) is 5.11 Å². The summed E-state index contributed by atoms with van der Waals surface area (Å²) in [6.07, 6.45) is 1.47. The van der Waals surface area contributed by atoms with Crippen LogP contribution in [-0.4, -0.2) is 55.4 Å². The second-order valence-corrected chi connectivity index (χ2v) is 6.78. The Bertz CT molecular complexity index is 359. The minimum absolute atomic E-state index is 0.148. The molecule has 0 spiro atoms. The van der Waals surface area contributed by atoms with Crippen molar-refractivity contribution in [3.05, 3.63) is 12.2 Å². The molecule has 1 rings (SSSR count). The molecule has 1 aliphatic heterocycles. The summed E-state index contributed by atoms with van der Waals surface area (Å²) in [5, 5.41) is 9.02. The summed E-state index contributed by atoms with van der Waals surface area (Å²) in [5.74, 6) is 0.243. The van der Waals surface area contributed by atoms with E-state index in [1.165, 1.54) is 8.61 Å². The smallest absolute Gasteiger partial charge is 0.282 e. The third-order valence-corrected chi connectivity index (χ3v) is 4.98. The molecule has 0 saturated carbocycles. The van der Waals surface area contributed by atoms with Crippen LogP contribution in [0.15, 0.2) is 12.2 Å². The summed E-state index contributed by atoms with van der Waals surface area (Å²) < 4.78 is 27.1. The Hall–Kier alpha value is -0.430. The molecule has 1 fully saturated rings. The van der Waals surface area contributed by atoms with Crippen molar-refractivity contribution in [1.29, 1.82) is 0 Å². The van der Waals surface area contributed by atoms with Gasteiger partial charge in [-0.05, 0) is 25.7 Å². The highest BCUT2D eigenvalue weighted by atomic mass is 32.2. The van der Waals surface area contributed by atoms with Gasteiger partial charge in [0, 0.05) is 33.3 Å². The average molecular weight is 262 g/mol. The van der Waals surface area contributed by atoms with E-state index in [-0.39, 0.29) is 12.5 Å². The lowest BCUT2D eigenvalue weighted by Gasteiger charge is -2.33. The van der Waals surface area contributed by atoms with Crippen molar-refractivity contribution in [2.24, 2.45) is 5.92 Å². The summed E-state index contributed by atoms with van der Waals surface area (Å²) in [7, 11) is -1.79. The molecular weight excluding hydrogens is 240 g/mol. The van der Waals surface area contributed by atoms with Crippen LogP contribution >= 0.6 is 0 Å². The van der Waals surface area contributed by atoms with Crippen LogP contribution in [0.1, 0.15) is 19.8 Å². The van der Waals surface area contributed by atoms with Crippen molar-refractivity contribution < 1.29 is 13.5 Å². The topological polar surface area (TPSA) is 60.9 Å².